The zero-order chi connectivity index (χ0) is 14.0. The van der Waals surface area contributed by atoms with E-state index in [4.69, 9.17) is 5.73 Å². The highest BCUT2D eigenvalue weighted by atomic mass is 31.2. The average molecular weight is 285 g/mol. The Labute approximate surface area is 109 Å². The Balaban J connectivity index is 2.04. The number of aliphatic hydroxyl groups excluding tert-OH is 1. The fraction of sp³-hybridized carbons (Fsp3) is 0.444. The lowest BCUT2D eigenvalue weighted by Gasteiger charge is -2.43. The van der Waals surface area contributed by atoms with Crippen molar-refractivity contribution >= 4 is 24.9 Å². The topological polar surface area (TPSA) is 159 Å². The Morgan fingerprint density at radius 2 is 2.05 bits per heavy atom. The number of aromatic nitrogens is 4. The van der Waals surface area contributed by atoms with Gasteiger partial charge >= 0.3 is 0 Å². The molecule has 1 atom stereocenters. The number of aliphatic hydroxyl groups is 1. The molecule has 0 aromatic carbocycles. The molecule has 19 heavy (non-hydrogen) atoms. The molecule has 0 saturated heterocycles. The van der Waals surface area contributed by atoms with E-state index in [9.17, 15) is 19.8 Å². The van der Waals surface area contributed by atoms with E-state index in [1.165, 1.54) is 12.7 Å². The molecule has 0 aliphatic carbocycles. The quantitative estimate of drug-likeness (QED) is 0.550. The van der Waals surface area contributed by atoms with Crippen molar-refractivity contribution in [1.82, 2.24) is 19.5 Å². The normalized spacial score (nSPS) is 13.9. The summed E-state index contributed by atoms with van der Waals surface area (Å²) in [6.07, 6.45) is 0.865. The van der Waals surface area contributed by atoms with Crippen LogP contribution in [0.15, 0.2) is 12.7 Å². The number of rotatable bonds is 5. The van der Waals surface area contributed by atoms with Gasteiger partial charge < -0.3 is 30.1 Å². The fourth-order valence-electron chi connectivity index (χ4n) is 1.70. The van der Waals surface area contributed by atoms with E-state index in [1.54, 1.807) is 4.57 Å². The smallest absolute Gasteiger partial charge is 0.165 e. The molecule has 0 fully saturated rings. The van der Waals surface area contributed by atoms with Crippen LogP contribution >= 0.6 is 7.94 Å². The molecule has 9 nitrogen and oxygen atoms in total. The van der Waals surface area contributed by atoms with Gasteiger partial charge in [-0.25, -0.2) is 15.0 Å². The summed E-state index contributed by atoms with van der Waals surface area (Å²) in [4.78, 5) is 43.4. The Morgan fingerprint density at radius 1 is 1.32 bits per heavy atom. The highest BCUT2D eigenvalue weighted by molar-refractivity contribution is 7.54. The standard InChI is InChI=1S/C9H14N5O4P/c10-8-7-9(12-4-11-8)14(5-13-7)2-1-6(15)3-19(16,17)18/h4-6,15H,1-3H2,(H2,10,11,12)(H2,16,17,18)/p-2/t6-/m1/s1. The van der Waals surface area contributed by atoms with Gasteiger partial charge in [-0.05, 0) is 6.42 Å². The van der Waals surface area contributed by atoms with Gasteiger partial charge in [0.05, 0.1) is 18.6 Å². The van der Waals surface area contributed by atoms with E-state index in [0.717, 1.165) is 0 Å². The van der Waals surface area contributed by atoms with Crippen molar-refractivity contribution in [2.75, 3.05) is 11.9 Å². The van der Waals surface area contributed by atoms with Gasteiger partial charge in [0.1, 0.15) is 11.8 Å². The summed E-state index contributed by atoms with van der Waals surface area (Å²) >= 11 is 0. The molecule has 0 aliphatic heterocycles. The number of nitrogens with two attached hydrogens (primary N) is 1. The third-order valence-corrected chi connectivity index (χ3v) is 3.44. The Kier molecular flexibility index (Phi) is 3.93. The number of anilines is 1. The van der Waals surface area contributed by atoms with E-state index in [0.29, 0.717) is 11.2 Å². The molecule has 104 valence electrons. The Hall–Kier alpha value is -1.38. The molecule has 3 N–H and O–H groups in total. The number of hydrogen-bond acceptors (Lipinski definition) is 8. The number of hydrogen-bond donors (Lipinski definition) is 2. The Morgan fingerprint density at radius 3 is 2.74 bits per heavy atom. The first-order valence-corrected chi connectivity index (χ1v) is 7.20. The van der Waals surface area contributed by atoms with Gasteiger partial charge in [0.25, 0.3) is 0 Å². The van der Waals surface area contributed by atoms with Gasteiger partial charge in [-0.2, -0.15) is 7.94 Å². The van der Waals surface area contributed by atoms with Crippen molar-refractivity contribution in [3.8, 4) is 0 Å². The second kappa shape index (κ2) is 5.32. The van der Waals surface area contributed by atoms with Crippen molar-refractivity contribution < 1.29 is 19.8 Å². The van der Waals surface area contributed by atoms with E-state index in [1.807, 2.05) is 0 Å². The van der Waals surface area contributed by atoms with E-state index in [-0.39, 0.29) is 18.8 Å². The van der Waals surface area contributed by atoms with Gasteiger partial charge in [0.15, 0.2) is 11.5 Å². The Bertz CT molecular complexity index is 569. The highest BCUT2D eigenvalue weighted by Crippen LogP contribution is 2.29. The number of fused-ring (bicyclic) bond motifs is 1. The lowest BCUT2D eigenvalue weighted by molar-refractivity contribution is -0.428. The molecule has 2 aromatic rings. The van der Waals surface area contributed by atoms with Crippen LogP contribution in [0.2, 0.25) is 0 Å². The number of imidazole rings is 1. The second-order valence-corrected chi connectivity index (χ2v) is 5.69. The zero-order valence-corrected chi connectivity index (χ0v) is 10.7. The zero-order valence-electron chi connectivity index (χ0n) is 9.84. The maximum Gasteiger partial charge on any atom is 0.165 e. The summed E-state index contributed by atoms with van der Waals surface area (Å²) in [6.45, 7) is 0.272. The number of nitrogen functional groups attached to an aromatic ring is 1. The van der Waals surface area contributed by atoms with Gasteiger partial charge in [-0.3, -0.25) is 0 Å². The summed E-state index contributed by atoms with van der Waals surface area (Å²) < 4.78 is 1.61. The van der Waals surface area contributed by atoms with Crippen LogP contribution < -0.4 is 20.4 Å². The average Bonchev–Trinajstić information content (AvgIpc) is 2.69. The first-order chi connectivity index (χ1) is 8.87. The minimum absolute atomic E-state index is 0.101. The lowest BCUT2D eigenvalue weighted by atomic mass is 10.3. The summed E-state index contributed by atoms with van der Waals surface area (Å²) in [7, 11) is -4.70. The second-order valence-electron chi connectivity index (χ2n) is 4.11. The van der Waals surface area contributed by atoms with Crippen LogP contribution in [-0.4, -0.2) is 36.9 Å². The third kappa shape index (κ3) is 3.55. The molecule has 0 radical (unpaired) electrons. The fourth-order valence-corrected chi connectivity index (χ4v) is 2.40. The lowest BCUT2D eigenvalue weighted by Crippen LogP contribution is -2.39. The minimum atomic E-state index is -4.70. The molecule has 2 heterocycles. The number of aryl methyl sites for hydroxylation is 1. The van der Waals surface area contributed by atoms with E-state index in [2.05, 4.69) is 15.0 Å². The summed E-state index contributed by atoms with van der Waals surface area (Å²) in [5.41, 5.74) is 6.55. The molecule has 0 unspecified atom stereocenters. The van der Waals surface area contributed by atoms with Crippen molar-refractivity contribution in [3.05, 3.63) is 12.7 Å². The van der Waals surface area contributed by atoms with Crippen LogP contribution in [0.4, 0.5) is 5.82 Å². The van der Waals surface area contributed by atoms with Crippen LogP contribution in [0, 0.1) is 0 Å². The van der Waals surface area contributed by atoms with Gasteiger partial charge in [-0.15, -0.1) is 0 Å². The van der Waals surface area contributed by atoms with Crippen molar-refractivity contribution in [3.63, 3.8) is 0 Å². The minimum Gasteiger partial charge on any atom is -0.688 e. The predicted octanol–water partition coefficient (Wildman–Crippen LogP) is -3.00. The number of nitrogens with zero attached hydrogens (tertiary/aromatic N) is 4. The molecule has 0 spiro atoms. The van der Waals surface area contributed by atoms with E-state index < -0.39 is 20.2 Å². The maximum atomic E-state index is 10.5. The molecule has 0 saturated carbocycles. The molecule has 0 bridgehead atoms. The SMILES string of the molecule is Nc1ncnc2c1ncn2CC[C@@H](O)C[P+]([O-])([O-])[O-]. The predicted molar refractivity (Wildman–Crippen MR) is 62.1 cm³/mol. The molecule has 0 aliphatic rings. The monoisotopic (exact) mass is 285 g/mol. The first kappa shape index (κ1) is 14.0. The van der Waals surface area contributed by atoms with Crippen molar-refractivity contribution in [2.45, 2.75) is 19.1 Å². The summed E-state index contributed by atoms with van der Waals surface area (Å²) in [5.74, 6) is 0.243. The molecule has 2 aromatic heterocycles. The largest absolute Gasteiger partial charge is 0.688 e. The van der Waals surface area contributed by atoms with Crippen molar-refractivity contribution in [1.29, 1.82) is 0 Å². The van der Waals surface area contributed by atoms with Crippen LogP contribution in [0.3, 0.4) is 0 Å². The first-order valence-electron chi connectivity index (χ1n) is 5.47. The van der Waals surface area contributed by atoms with Gasteiger partial charge in [0.2, 0.25) is 0 Å². The highest BCUT2D eigenvalue weighted by Gasteiger charge is 2.12. The van der Waals surface area contributed by atoms with Gasteiger partial charge in [-0.1, -0.05) is 0 Å². The molecule has 2 rings (SSSR count). The van der Waals surface area contributed by atoms with Crippen molar-refractivity contribution in [2.24, 2.45) is 0 Å². The van der Waals surface area contributed by atoms with E-state index >= 15 is 0 Å². The third-order valence-electron chi connectivity index (χ3n) is 2.57. The van der Waals surface area contributed by atoms with Crippen LogP contribution in [0.5, 0.6) is 0 Å². The molecular weight excluding hydrogens is 273 g/mol. The molecule has 10 heteroatoms. The van der Waals surface area contributed by atoms with Crippen LogP contribution in [0.1, 0.15) is 6.42 Å². The summed E-state index contributed by atoms with van der Waals surface area (Å²) in [6, 6.07) is 0. The summed E-state index contributed by atoms with van der Waals surface area (Å²) in [5, 5.41) is 9.45. The molecule has 0 amide bonds. The van der Waals surface area contributed by atoms with Gasteiger partial charge in [0, 0.05) is 6.54 Å². The van der Waals surface area contributed by atoms with Crippen LogP contribution in [-0.2, 0) is 6.54 Å². The molecular formula is C9H12N5O4P-2. The van der Waals surface area contributed by atoms with Crippen LogP contribution in [0.25, 0.3) is 11.2 Å². The maximum absolute atomic E-state index is 10.5.